The van der Waals surface area contributed by atoms with Crippen molar-refractivity contribution in [2.24, 2.45) is 0 Å². The van der Waals surface area contributed by atoms with Gasteiger partial charge in [-0.3, -0.25) is 0 Å². The zero-order valence-corrected chi connectivity index (χ0v) is 18.4. The maximum absolute atomic E-state index is 13.3. The average Bonchev–Trinajstić information content (AvgIpc) is 3.03. The molecule has 1 aromatic carbocycles. The van der Waals surface area contributed by atoms with E-state index in [1.807, 2.05) is 0 Å². The Bertz CT molecular complexity index is 679. The number of rotatable bonds is 10. The molecule has 2 rings (SSSR count). The van der Waals surface area contributed by atoms with E-state index in [0.29, 0.717) is 5.89 Å². The molecule has 1 heterocycles. The van der Waals surface area contributed by atoms with Gasteiger partial charge >= 0.3 is 0 Å². The van der Waals surface area contributed by atoms with Gasteiger partial charge in [0.2, 0.25) is 5.89 Å². The second-order valence-electron chi connectivity index (χ2n) is 8.81. The summed E-state index contributed by atoms with van der Waals surface area (Å²) < 4.78 is 25.0. The molecule has 1 atom stereocenters. The van der Waals surface area contributed by atoms with Crippen LogP contribution in [0.4, 0.5) is 4.39 Å². The van der Waals surface area contributed by atoms with E-state index >= 15 is 0 Å². The quantitative estimate of drug-likeness (QED) is 0.321. The standard InChI is InChI=1S/C22H34FNO2Si/c1-22(2,3)27(4,5)26-19(21-24-17-20(23)25-21)16-12-7-6-9-13-18-14-10-8-11-15-18/h8,10-11,14-15,17,19H,6-7,9,12-13,16H2,1-5H3. The van der Waals surface area contributed by atoms with Crippen LogP contribution in [0.1, 0.15) is 70.4 Å². The monoisotopic (exact) mass is 391 g/mol. The first-order chi connectivity index (χ1) is 12.7. The lowest BCUT2D eigenvalue weighted by Gasteiger charge is -2.38. The maximum Gasteiger partial charge on any atom is 0.298 e. The van der Waals surface area contributed by atoms with Crippen LogP contribution in [0.25, 0.3) is 0 Å². The molecule has 0 radical (unpaired) electrons. The van der Waals surface area contributed by atoms with E-state index in [1.54, 1.807) is 0 Å². The molecule has 0 aliphatic rings. The van der Waals surface area contributed by atoms with Crippen molar-refractivity contribution < 1.29 is 13.2 Å². The van der Waals surface area contributed by atoms with Gasteiger partial charge in [0.05, 0.1) is 0 Å². The Morgan fingerprint density at radius 3 is 2.33 bits per heavy atom. The van der Waals surface area contributed by atoms with Gasteiger partial charge in [0.25, 0.3) is 6.01 Å². The number of halogens is 1. The van der Waals surface area contributed by atoms with Crippen LogP contribution in [0.15, 0.2) is 40.9 Å². The molecule has 0 amide bonds. The Labute approximate surface area is 164 Å². The lowest BCUT2D eigenvalue weighted by atomic mass is 10.0. The number of oxazole rings is 1. The summed E-state index contributed by atoms with van der Waals surface area (Å²) >= 11 is 0. The summed E-state index contributed by atoms with van der Waals surface area (Å²) in [6.07, 6.45) is 7.34. The highest BCUT2D eigenvalue weighted by Crippen LogP contribution is 2.40. The van der Waals surface area contributed by atoms with Gasteiger partial charge in [-0.25, -0.2) is 4.98 Å². The van der Waals surface area contributed by atoms with Crippen LogP contribution in [0, 0.1) is 6.01 Å². The molecule has 0 saturated heterocycles. The van der Waals surface area contributed by atoms with Crippen molar-refractivity contribution in [3.8, 4) is 0 Å². The van der Waals surface area contributed by atoms with Gasteiger partial charge in [0, 0.05) is 0 Å². The summed E-state index contributed by atoms with van der Waals surface area (Å²) in [6.45, 7) is 11.0. The van der Waals surface area contributed by atoms with Gasteiger partial charge in [-0.2, -0.15) is 4.39 Å². The fourth-order valence-electron chi connectivity index (χ4n) is 2.84. The Balaban J connectivity index is 1.83. The molecule has 27 heavy (non-hydrogen) atoms. The molecule has 0 N–H and O–H groups in total. The van der Waals surface area contributed by atoms with Crippen LogP contribution in [0.2, 0.25) is 18.1 Å². The van der Waals surface area contributed by atoms with E-state index in [9.17, 15) is 4.39 Å². The zero-order chi connectivity index (χ0) is 19.9. The van der Waals surface area contributed by atoms with Crippen LogP contribution >= 0.6 is 0 Å². The summed E-state index contributed by atoms with van der Waals surface area (Å²) in [6, 6.07) is 9.95. The highest BCUT2D eigenvalue weighted by molar-refractivity contribution is 6.74. The summed E-state index contributed by atoms with van der Waals surface area (Å²) in [4.78, 5) is 4.09. The summed E-state index contributed by atoms with van der Waals surface area (Å²) in [5.74, 6) is 0.376. The molecule has 1 aromatic heterocycles. The molecular formula is C22H34FNO2Si. The van der Waals surface area contributed by atoms with Gasteiger partial charge < -0.3 is 8.84 Å². The minimum absolute atomic E-state index is 0.0894. The predicted molar refractivity (Wildman–Crippen MR) is 111 cm³/mol. The van der Waals surface area contributed by atoms with E-state index in [0.717, 1.165) is 31.9 Å². The maximum atomic E-state index is 13.3. The van der Waals surface area contributed by atoms with E-state index in [4.69, 9.17) is 8.84 Å². The Morgan fingerprint density at radius 2 is 1.74 bits per heavy atom. The van der Waals surface area contributed by atoms with Crippen LogP contribution in [0.3, 0.4) is 0 Å². The summed E-state index contributed by atoms with van der Waals surface area (Å²) in [5.41, 5.74) is 1.40. The van der Waals surface area contributed by atoms with Crippen molar-refractivity contribution in [3.05, 3.63) is 54.0 Å². The van der Waals surface area contributed by atoms with Crippen molar-refractivity contribution in [3.63, 3.8) is 0 Å². The van der Waals surface area contributed by atoms with E-state index in [2.05, 4.69) is 69.2 Å². The molecule has 0 fully saturated rings. The first-order valence-corrected chi connectivity index (χ1v) is 12.9. The third-order valence-corrected chi connectivity index (χ3v) is 10.0. The van der Waals surface area contributed by atoms with Gasteiger partial charge in [-0.15, -0.1) is 0 Å². The number of hydrogen-bond acceptors (Lipinski definition) is 3. The first kappa shape index (κ1) is 21.8. The second kappa shape index (κ2) is 9.65. The molecule has 5 heteroatoms. The van der Waals surface area contributed by atoms with Gasteiger partial charge in [-0.05, 0) is 43.0 Å². The molecule has 2 aromatic rings. The molecule has 1 unspecified atom stereocenters. The lowest BCUT2D eigenvalue weighted by molar-refractivity contribution is 0.130. The SMILES string of the molecule is CC(C)(C)[Si](C)(C)OC(CCCCCCc1ccccc1)c1ncc(F)o1. The van der Waals surface area contributed by atoms with Crippen LogP contribution in [0.5, 0.6) is 0 Å². The highest BCUT2D eigenvalue weighted by atomic mass is 28.4. The number of aromatic nitrogens is 1. The largest absolute Gasteiger partial charge is 0.413 e. The van der Waals surface area contributed by atoms with Crippen LogP contribution < -0.4 is 0 Å². The van der Waals surface area contributed by atoms with Gasteiger partial charge in [0.1, 0.15) is 12.3 Å². The first-order valence-electron chi connectivity index (χ1n) is 10.0. The number of unbranched alkanes of at least 4 members (excludes halogenated alkanes) is 3. The highest BCUT2D eigenvalue weighted by Gasteiger charge is 2.40. The van der Waals surface area contributed by atoms with Crippen molar-refractivity contribution >= 4 is 8.32 Å². The summed E-state index contributed by atoms with van der Waals surface area (Å²) in [5, 5.41) is 0.0894. The van der Waals surface area contributed by atoms with E-state index in [-0.39, 0.29) is 11.1 Å². The Kier molecular flexibility index (Phi) is 7.80. The molecule has 3 nitrogen and oxygen atoms in total. The molecule has 0 aliphatic heterocycles. The van der Waals surface area contributed by atoms with E-state index in [1.165, 1.54) is 18.4 Å². The third kappa shape index (κ3) is 6.89. The van der Waals surface area contributed by atoms with Gasteiger partial charge in [-0.1, -0.05) is 70.4 Å². The zero-order valence-electron chi connectivity index (χ0n) is 17.4. The van der Waals surface area contributed by atoms with Crippen LogP contribution in [-0.4, -0.2) is 13.3 Å². The number of aryl methyl sites for hydroxylation is 1. The van der Waals surface area contributed by atoms with Crippen molar-refractivity contribution in [1.82, 2.24) is 4.98 Å². The Morgan fingerprint density at radius 1 is 1.07 bits per heavy atom. The Hall–Kier alpha value is -1.46. The average molecular weight is 392 g/mol. The number of hydrogen-bond donors (Lipinski definition) is 0. The number of benzene rings is 1. The van der Waals surface area contributed by atoms with Crippen molar-refractivity contribution in [2.75, 3.05) is 0 Å². The molecule has 0 saturated carbocycles. The molecule has 0 spiro atoms. The minimum Gasteiger partial charge on any atom is -0.413 e. The third-order valence-electron chi connectivity index (χ3n) is 5.54. The molecule has 0 aliphatic carbocycles. The normalized spacial score (nSPS) is 13.7. The van der Waals surface area contributed by atoms with Crippen molar-refractivity contribution in [2.45, 2.75) is 83.5 Å². The van der Waals surface area contributed by atoms with Crippen LogP contribution in [-0.2, 0) is 10.8 Å². The summed E-state index contributed by atoms with van der Waals surface area (Å²) in [7, 11) is -1.98. The minimum atomic E-state index is -1.98. The van der Waals surface area contributed by atoms with Crippen molar-refractivity contribution in [1.29, 1.82) is 0 Å². The smallest absolute Gasteiger partial charge is 0.298 e. The fraction of sp³-hybridized carbons (Fsp3) is 0.591. The topological polar surface area (TPSA) is 35.3 Å². The van der Waals surface area contributed by atoms with E-state index < -0.39 is 14.3 Å². The molecular weight excluding hydrogens is 357 g/mol. The predicted octanol–water partition coefficient (Wildman–Crippen LogP) is 7.07. The fourth-order valence-corrected chi connectivity index (χ4v) is 4.12. The molecule has 150 valence electrons. The lowest BCUT2D eigenvalue weighted by Crippen LogP contribution is -2.41. The number of nitrogens with zero attached hydrogens (tertiary/aromatic N) is 1. The van der Waals surface area contributed by atoms with Gasteiger partial charge in [0.15, 0.2) is 8.32 Å². The second-order valence-corrected chi connectivity index (χ2v) is 13.6. The molecule has 0 bridgehead atoms.